The van der Waals surface area contributed by atoms with Gasteiger partial charge in [0.05, 0.1) is 20.3 Å². The van der Waals surface area contributed by atoms with E-state index in [9.17, 15) is 9.59 Å². The van der Waals surface area contributed by atoms with Gasteiger partial charge in [-0.25, -0.2) is 4.79 Å². The van der Waals surface area contributed by atoms with Crippen LogP contribution in [0.25, 0.3) is 0 Å². The van der Waals surface area contributed by atoms with E-state index in [0.717, 1.165) is 66.6 Å². The molecule has 5 heteroatoms. The number of rotatable bonds is 14. The molecule has 0 aromatic heterocycles. The van der Waals surface area contributed by atoms with Gasteiger partial charge in [0.15, 0.2) is 0 Å². The predicted octanol–water partition coefficient (Wildman–Crippen LogP) is 7.91. The predicted molar refractivity (Wildman–Crippen MR) is 166 cm³/mol. The lowest BCUT2D eigenvalue weighted by Gasteiger charge is -2.06. The molecule has 0 radical (unpaired) electrons. The fourth-order valence-electron chi connectivity index (χ4n) is 3.86. The largest absolute Gasteiger partial charge is 0.496 e. The molecular weight excluding hydrogens is 512 g/mol. The first-order valence-corrected chi connectivity index (χ1v) is 14.2. The number of hydrogen-bond acceptors (Lipinski definition) is 5. The fourth-order valence-corrected chi connectivity index (χ4v) is 3.86. The minimum atomic E-state index is -0.368. The van der Waals surface area contributed by atoms with Crippen molar-refractivity contribution in [1.29, 1.82) is 0 Å². The molecule has 0 heterocycles. The van der Waals surface area contributed by atoms with Gasteiger partial charge in [-0.1, -0.05) is 43.9 Å². The molecule has 0 saturated heterocycles. The lowest BCUT2D eigenvalue weighted by molar-refractivity contribution is -0.137. The summed E-state index contributed by atoms with van der Waals surface area (Å²) in [7, 11) is 1.69. The van der Waals surface area contributed by atoms with Crippen LogP contribution in [0.5, 0.6) is 11.5 Å². The number of carbonyl (C=O) groups excluding carboxylic acids is 2. The number of esters is 1. The highest BCUT2D eigenvalue weighted by molar-refractivity contribution is 5.81. The number of ether oxygens (including phenoxy) is 3. The molecule has 0 saturated carbocycles. The first-order chi connectivity index (χ1) is 20.0. The SMILES string of the molecule is C=CC(=O)OCCCCCCOc1ccc(C=O)cc1.CCCCc1ccc(C#Cc2ccc(OC)c(C)c2)cc1. The Hall–Kier alpha value is -4.30. The molecule has 5 nitrogen and oxygen atoms in total. The Bertz CT molecular complexity index is 1260. The molecule has 0 N–H and O–H groups in total. The zero-order chi connectivity index (χ0) is 29.7. The van der Waals surface area contributed by atoms with Gasteiger partial charge in [-0.15, -0.1) is 0 Å². The van der Waals surface area contributed by atoms with Crippen molar-refractivity contribution < 1.29 is 23.8 Å². The van der Waals surface area contributed by atoms with Crippen LogP contribution in [-0.2, 0) is 16.0 Å². The van der Waals surface area contributed by atoms with Crippen LogP contribution >= 0.6 is 0 Å². The number of carbonyl (C=O) groups is 2. The van der Waals surface area contributed by atoms with Crippen molar-refractivity contribution in [2.75, 3.05) is 20.3 Å². The maximum atomic E-state index is 10.8. The van der Waals surface area contributed by atoms with E-state index >= 15 is 0 Å². The molecule has 0 amide bonds. The third kappa shape index (κ3) is 13.6. The van der Waals surface area contributed by atoms with Crippen LogP contribution in [0.15, 0.2) is 79.4 Å². The molecule has 41 heavy (non-hydrogen) atoms. The lowest BCUT2D eigenvalue weighted by atomic mass is 10.1. The van der Waals surface area contributed by atoms with Gasteiger partial charge in [0.1, 0.15) is 17.8 Å². The van der Waals surface area contributed by atoms with Crippen LogP contribution in [0.1, 0.15) is 78.1 Å². The summed E-state index contributed by atoms with van der Waals surface area (Å²) >= 11 is 0. The van der Waals surface area contributed by atoms with Crippen LogP contribution in [0.3, 0.4) is 0 Å². The van der Waals surface area contributed by atoms with E-state index in [1.807, 2.05) is 19.1 Å². The molecule has 0 fully saturated rings. The maximum absolute atomic E-state index is 10.8. The maximum Gasteiger partial charge on any atom is 0.330 e. The van der Waals surface area contributed by atoms with Crippen molar-refractivity contribution in [2.24, 2.45) is 0 Å². The van der Waals surface area contributed by atoms with Gasteiger partial charge in [-0.3, -0.25) is 4.79 Å². The summed E-state index contributed by atoms with van der Waals surface area (Å²) in [6, 6.07) is 21.6. The van der Waals surface area contributed by atoms with E-state index in [0.29, 0.717) is 18.8 Å². The summed E-state index contributed by atoms with van der Waals surface area (Å²) in [6.45, 7) is 8.67. The van der Waals surface area contributed by atoms with Crippen LogP contribution < -0.4 is 9.47 Å². The summed E-state index contributed by atoms with van der Waals surface area (Å²) < 4.78 is 15.7. The van der Waals surface area contributed by atoms with Crippen molar-refractivity contribution in [2.45, 2.75) is 58.8 Å². The van der Waals surface area contributed by atoms with E-state index in [4.69, 9.17) is 14.2 Å². The standard InChI is InChI=1S/C20H22O.C16H20O4/c1-4-5-6-17-7-9-18(10-8-17)11-12-19-13-14-20(21-3)16(2)15-19;1-2-16(18)20-12-6-4-3-5-11-19-15-9-7-14(13-17)8-10-15/h7-10,13-15H,4-6H2,1-3H3;2,7-10,13H,1,3-6,11-12H2. The second-order valence-corrected chi connectivity index (χ2v) is 9.56. The summed E-state index contributed by atoms with van der Waals surface area (Å²) in [6.07, 6.45) is 9.44. The topological polar surface area (TPSA) is 61.8 Å². The minimum absolute atomic E-state index is 0.368. The summed E-state index contributed by atoms with van der Waals surface area (Å²) in [5.41, 5.74) is 5.22. The van der Waals surface area contributed by atoms with Gasteiger partial charge in [0.2, 0.25) is 0 Å². The molecular formula is C36H42O5. The Morgan fingerprint density at radius 3 is 2.12 bits per heavy atom. The van der Waals surface area contributed by atoms with Gasteiger partial charge >= 0.3 is 5.97 Å². The van der Waals surface area contributed by atoms with E-state index < -0.39 is 0 Å². The first-order valence-electron chi connectivity index (χ1n) is 14.2. The number of benzene rings is 3. The zero-order valence-electron chi connectivity index (χ0n) is 24.6. The van der Waals surface area contributed by atoms with Crippen LogP contribution in [0.2, 0.25) is 0 Å². The Kier molecular flexibility index (Phi) is 15.8. The van der Waals surface area contributed by atoms with Crippen molar-refractivity contribution in [3.8, 4) is 23.3 Å². The molecule has 0 bridgehead atoms. The van der Waals surface area contributed by atoms with Gasteiger partial charge in [-0.05, 0) is 111 Å². The Labute approximate surface area is 245 Å². The average molecular weight is 555 g/mol. The number of hydrogen-bond donors (Lipinski definition) is 0. The van der Waals surface area contributed by atoms with Crippen molar-refractivity contribution in [1.82, 2.24) is 0 Å². The minimum Gasteiger partial charge on any atom is -0.496 e. The monoisotopic (exact) mass is 554 g/mol. The van der Waals surface area contributed by atoms with E-state index in [1.165, 1.54) is 24.5 Å². The van der Waals surface area contributed by atoms with Crippen molar-refractivity contribution >= 4 is 12.3 Å². The molecule has 3 aromatic carbocycles. The molecule has 0 spiro atoms. The fraction of sp³-hybridized carbons (Fsp3) is 0.333. The first kappa shape index (κ1) is 32.9. The molecule has 0 atom stereocenters. The van der Waals surface area contributed by atoms with Gasteiger partial charge < -0.3 is 14.2 Å². The lowest BCUT2D eigenvalue weighted by Crippen LogP contribution is -2.02. The highest BCUT2D eigenvalue weighted by Crippen LogP contribution is 2.18. The molecule has 3 rings (SSSR count). The van der Waals surface area contributed by atoms with Crippen molar-refractivity contribution in [3.05, 3.63) is 107 Å². The Morgan fingerprint density at radius 1 is 0.854 bits per heavy atom. The number of unbranched alkanes of at least 4 members (excludes halogenated alkanes) is 4. The smallest absolute Gasteiger partial charge is 0.330 e. The summed E-state index contributed by atoms with van der Waals surface area (Å²) in [5, 5.41) is 0. The second-order valence-electron chi connectivity index (χ2n) is 9.56. The van der Waals surface area contributed by atoms with E-state index in [1.54, 1.807) is 31.4 Å². The molecule has 216 valence electrons. The number of methoxy groups -OCH3 is 1. The molecule has 0 aliphatic rings. The molecule has 0 aliphatic heterocycles. The quantitative estimate of drug-likeness (QED) is 0.0666. The highest BCUT2D eigenvalue weighted by atomic mass is 16.5. The highest BCUT2D eigenvalue weighted by Gasteiger charge is 1.99. The number of aryl methyl sites for hydroxylation is 2. The molecule has 0 unspecified atom stereocenters. The van der Waals surface area contributed by atoms with Crippen LogP contribution in [-0.4, -0.2) is 32.6 Å². The summed E-state index contributed by atoms with van der Waals surface area (Å²) in [5.74, 6) is 7.74. The third-order valence-corrected chi connectivity index (χ3v) is 6.25. The zero-order valence-corrected chi connectivity index (χ0v) is 24.6. The Balaban J connectivity index is 0.000000287. The van der Waals surface area contributed by atoms with Crippen LogP contribution in [0, 0.1) is 18.8 Å². The summed E-state index contributed by atoms with van der Waals surface area (Å²) in [4.78, 5) is 21.3. The average Bonchev–Trinajstić information content (AvgIpc) is 3.01. The Morgan fingerprint density at radius 2 is 1.51 bits per heavy atom. The van der Waals surface area contributed by atoms with E-state index in [-0.39, 0.29) is 5.97 Å². The van der Waals surface area contributed by atoms with Gasteiger partial charge in [0, 0.05) is 22.8 Å². The normalized spacial score (nSPS) is 9.83. The van der Waals surface area contributed by atoms with E-state index in [2.05, 4.69) is 55.7 Å². The van der Waals surface area contributed by atoms with Gasteiger partial charge in [0.25, 0.3) is 0 Å². The molecule has 0 aliphatic carbocycles. The number of aldehydes is 1. The van der Waals surface area contributed by atoms with Crippen LogP contribution in [0.4, 0.5) is 0 Å². The molecule has 3 aromatic rings. The second kappa shape index (κ2) is 19.7. The third-order valence-electron chi connectivity index (χ3n) is 6.25. The van der Waals surface area contributed by atoms with Crippen molar-refractivity contribution in [3.63, 3.8) is 0 Å². The van der Waals surface area contributed by atoms with Gasteiger partial charge in [-0.2, -0.15) is 0 Å².